The van der Waals surface area contributed by atoms with Gasteiger partial charge in [0.05, 0.1) is 77.2 Å². The Morgan fingerprint density at radius 1 is 0.429 bits per heavy atom. The molecule has 0 unspecified atom stereocenters. The number of phenolic OH excluding ortho intramolecular Hbond substituents is 2. The van der Waals surface area contributed by atoms with E-state index < -0.39 is 120 Å². The number of hydrogen-bond acceptors (Lipinski definition) is 31. The number of aromatic hydroxyl groups is 2. The van der Waals surface area contributed by atoms with Gasteiger partial charge in [-0.25, -0.2) is 42.1 Å². The molecule has 140 heavy (non-hydrogen) atoms. The molecule has 5 fully saturated rings. The van der Waals surface area contributed by atoms with Crippen LogP contribution < -0.4 is 73.9 Å². The van der Waals surface area contributed by atoms with Crippen LogP contribution >= 0.6 is 14.0 Å². The van der Waals surface area contributed by atoms with E-state index in [2.05, 4.69) is 127 Å². The molecule has 0 saturated carbocycles. The molecule has 5 aliphatic rings. The molecule has 0 radical (unpaired) electrons. The van der Waals surface area contributed by atoms with E-state index in [4.69, 9.17) is 64.8 Å². The number of phenols is 2. The summed E-state index contributed by atoms with van der Waals surface area (Å²) >= 11 is -0.402. The number of rotatable bonds is 20. The van der Waals surface area contributed by atoms with Crippen LogP contribution in [-0.4, -0.2) is 253 Å². The van der Waals surface area contributed by atoms with Crippen LogP contribution in [0.5, 0.6) is 46.0 Å². The second-order valence-corrected chi connectivity index (χ2v) is 48.2. The molecule has 45 heteroatoms. The van der Waals surface area contributed by atoms with E-state index in [0.717, 1.165) is 58.8 Å². The first-order valence-electron chi connectivity index (χ1n) is 43.2. The molecule has 6 N–H and O–H groups in total. The van der Waals surface area contributed by atoms with Gasteiger partial charge in [0.2, 0.25) is 50.1 Å². The predicted octanol–water partition coefficient (Wildman–Crippen LogP) is 10.1. The second kappa shape index (κ2) is 67.0. The van der Waals surface area contributed by atoms with Crippen molar-refractivity contribution in [2.45, 2.75) is 133 Å². The Labute approximate surface area is 859 Å². The average Bonchev–Trinajstić information content (AvgIpc) is 1.07. The molecule has 0 bridgehead atoms. The number of benzene rings is 8. The third-order valence-corrected chi connectivity index (χ3v) is 33.2. The number of carbonyl (C=O) groups is 2. The van der Waals surface area contributed by atoms with E-state index in [-0.39, 0.29) is 111 Å². The van der Waals surface area contributed by atoms with Gasteiger partial charge >= 0.3 is 70.5 Å². The Bertz CT molecular complexity index is 5850. The number of ether oxygens (including phenoxy) is 6. The number of esters is 2. The Hall–Kier alpha value is -8.76. The van der Waals surface area contributed by atoms with Gasteiger partial charge in [0, 0.05) is 53.1 Å². The van der Waals surface area contributed by atoms with E-state index in [9.17, 15) is 67.0 Å². The standard InChI is InChI=1S/C18H15P2S.C14H17NO5S.C13H19NO5S.C13H17NO3S.C12H15NO4S.C8H8O3.C6H11NO3S.5C2H6.CH3NO.Na.H2O.4O.Os/c21-19-20(16-10-4-1-5-11-16,17-12-6-2-7-13-17)18-14-8-3-9-15-18;1-10-8-15(21(3,17)18)9-14(10)20-13-7-5-4-6-12(13)19-11(2)16;1-10-5-3-4-6-11(10)19-12-7-14(20(2,17)18)8-13(12,16)9-15;1-10-6-4-5-7-12(10)17-13-9-14(8-11(13)2)18(3,15)16;1-9-7-13(18(2,15)16)8-12(9)17-11-6-4-3-5-10(11)14;1-6(9)11-8-5-3-2-4-7(8)10;1-5-3-7(4-6(5)8)11(2,9)10;5*1-2;1-2-3;;;;;;;/h1-15H;4-7,14H,1,8-9H2,2-3H3;3-6,12,15-16H,7-9H2,1-2H3;4-7,13H,2,8-9H2,1,3H3;3-6,12,14H,1,7-8H2,2H3;2-5,10H,1H3;6,8H,1,3-4H2,2H3;5*1-2H3;1H3;;1H2;;;;;/q+1;;;;;;;;;;;;;+1;;;;;;/p-1/t;14-;12-,13+;13-;12-;;6-;;;;;;;;;;;;;/m.0000.1............./s1. The van der Waals surface area contributed by atoms with Crippen molar-refractivity contribution >= 4 is 104 Å². The fraction of sp³-hybridized carbons (Fsp3) is 0.389. The van der Waals surface area contributed by atoms with Crippen molar-refractivity contribution in [3.63, 3.8) is 0 Å². The van der Waals surface area contributed by atoms with Crippen molar-refractivity contribution < 1.29 is 170 Å². The number of carbonyl (C=O) groups excluding carboxylic acids is 2. The number of aliphatic hydroxyl groups excluding tert-OH is 2. The Balaban J connectivity index is -0.00000153. The topological polar surface area (TPSA) is 505 Å². The van der Waals surface area contributed by atoms with Gasteiger partial charge in [-0.1, -0.05) is 228 Å². The molecule has 5 saturated heterocycles. The Morgan fingerprint density at radius 2 is 0.679 bits per heavy atom. The molecule has 0 amide bonds. The van der Waals surface area contributed by atoms with Crippen molar-refractivity contribution in [2.75, 3.05) is 110 Å². The van der Waals surface area contributed by atoms with Crippen LogP contribution in [0.25, 0.3) is 0 Å². The van der Waals surface area contributed by atoms with E-state index in [1.807, 2.05) is 119 Å². The summed E-state index contributed by atoms with van der Waals surface area (Å²) in [5, 5.41) is 53.8. The van der Waals surface area contributed by atoms with Crippen molar-refractivity contribution in [1.29, 1.82) is 0 Å². The first-order valence-corrected chi connectivity index (χ1v) is 61.0. The number of hydrogen-bond donors (Lipinski definition) is 5. The van der Waals surface area contributed by atoms with E-state index in [1.165, 1.54) is 78.5 Å². The molecule has 774 valence electrons. The zero-order chi connectivity index (χ0) is 106. The molecular formula is C95H136N6NaO29OsP2S6+. The SMILES string of the molecule is C=C1CN(S(C)(=O)=O)C[C@@H]1Oc1ccccc1C.C=C1CN(S(C)(=O)=O)C[C@@H]1Oc1ccccc1O.C=C1CN(S(C)(=O)=O)C[C@@H]1Oc1ccccc1OC(C)=O.C=C1CN(S(C)(=O)=O)C[C@H]1O.CC.CC.CC.CC.CC.CC(=O)Oc1ccccc1O.CN=O.Cc1ccccc1O[C@H]1CN(S(C)(=O)=O)C[C@@]1(O)CO.S=P[P+](c1ccccc1)(c1ccccc1)c1ccccc1.[Na+].[OH-].[O]=[Os](=[O])(=[O])=[O]. The Morgan fingerprint density at radius 3 is 0.950 bits per heavy atom. The van der Waals surface area contributed by atoms with Crippen LogP contribution in [0.1, 0.15) is 94.2 Å². The summed E-state index contributed by atoms with van der Waals surface area (Å²) in [6.45, 7) is 41.1. The summed E-state index contributed by atoms with van der Waals surface area (Å²) in [6.07, 6.45) is 3.06. The maximum atomic E-state index is 11.6. The van der Waals surface area contributed by atoms with Crippen molar-refractivity contribution in [2.24, 2.45) is 5.18 Å². The molecule has 35 nitrogen and oxygen atoms in total. The number of para-hydroxylation sites is 8. The third-order valence-electron chi connectivity index (χ3n) is 18.7. The summed E-state index contributed by atoms with van der Waals surface area (Å²) in [4.78, 5) is 30.1. The predicted molar refractivity (Wildman–Crippen MR) is 545 cm³/mol. The van der Waals surface area contributed by atoms with Crippen LogP contribution in [0.3, 0.4) is 0 Å². The summed E-state index contributed by atoms with van der Waals surface area (Å²) in [5.41, 5.74) is 3.03. The second-order valence-electron chi connectivity index (χ2n) is 29.0. The number of nitrogens with zero attached hydrogens (tertiary/aromatic N) is 6. The fourth-order valence-electron chi connectivity index (χ4n) is 12.1. The van der Waals surface area contributed by atoms with E-state index >= 15 is 0 Å². The van der Waals surface area contributed by atoms with Crippen LogP contribution in [0.2, 0.25) is 0 Å². The number of aryl methyl sites for hydroxylation is 2. The van der Waals surface area contributed by atoms with Gasteiger partial charge in [0.15, 0.2) is 48.5 Å². The van der Waals surface area contributed by atoms with E-state index in [1.54, 1.807) is 66.7 Å². The van der Waals surface area contributed by atoms with Crippen molar-refractivity contribution in [1.82, 2.24) is 21.5 Å². The number of β-amino-alcohol motifs (C(OH)–C–C–N with tert-alkyl or cyclic N) is 2. The summed E-state index contributed by atoms with van der Waals surface area (Å²) in [7, 11) is -14.1. The molecule has 6 atom stereocenters. The Kier molecular flexibility index (Phi) is 64.7. The van der Waals surface area contributed by atoms with Crippen LogP contribution in [0, 0.1) is 18.8 Å². The first-order chi connectivity index (χ1) is 64.7. The number of sulfonamides is 5. The number of nitroso groups, excluding NO2 is 1. The zero-order valence-corrected chi connectivity index (χ0v) is 94.4. The summed E-state index contributed by atoms with van der Waals surface area (Å²) < 4.78 is 187. The molecule has 0 aromatic heterocycles. The van der Waals surface area contributed by atoms with Gasteiger partial charge in [-0.15, -0.1) is 0 Å². The van der Waals surface area contributed by atoms with Gasteiger partial charge in [0.25, 0.3) is 0 Å². The van der Waals surface area contributed by atoms with Gasteiger partial charge in [-0.05, 0) is 144 Å². The van der Waals surface area contributed by atoms with Crippen LogP contribution in [-0.2, 0) is 101 Å². The monoisotopic (exact) mass is 2290 g/mol. The van der Waals surface area contributed by atoms with Gasteiger partial charge in [0.1, 0.15) is 57.4 Å². The fourth-order valence-corrected chi connectivity index (χ4v) is 23.8. The quantitative estimate of drug-likeness (QED) is 0.0118. The molecule has 0 aliphatic carbocycles. The summed E-state index contributed by atoms with van der Waals surface area (Å²) in [6, 6.07) is 66.7. The molecule has 0 spiro atoms. The normalized spacial score (nSPS) is 17.7. The molecule has 8 aromatic carbocycles. The van der Waals surface area contributed by atoms with Gasteiger partial charge in [-0.3, -0.25) is 9.59 Å². The molecule has 5 aliphatic heterocycles. The van der Waals surface area contributed by atoms with Crippen LogP contribution in [0.15, 0.2) is 266 Å². The number of aliphatic hydroxyl groups is 3. The third kappa shape index (κ3) is 47.6. The zero-order valence-electron chi connectivity index (χ0n) is 83.2. The van der Waals surface area contributed by atoms with Crippen molar-refractivity contribution in [3.05, 3.63) is 277 Å². The minimum atomic E-state index is -6.06. The summed E-state index contributed by atoms with van der Waals surface area (Å²) in [5.74, 6) is 1.67. The maximum absolute atomic E-state index is 11.6. The minimum absolute atomic E-state index is 0. The van der Waals surface area contributed by atoms with Gasteiger partial charge in [-0.2, -0.15) is 26.4 Å². The van der Waals surface area contributed by atoms with Gasteiger partial charge < -0.3 is 59.4 Å². The molecular weight excluding hydrogens is 2160 g/mol. The van der Waals surface area contributed by atoms with E-state index in [0.29, 0.717) is 52.8 Å². The van der Waals surface area contributed by atoms with Crippen LogP contribution in [0.4, 0.5) is 0 Å². The molecule has 13 rings (SSSR count). The van der Waals surface area contributed by atoms with Crippen molar-refractivity contribution in [3.8, 4) is 46.0 Å². The molecule has 8 aromatic rings. The first kappa shape index (κ1) is 135. The average molecular weight is 2290 g/mol. The molecule has 5 heterocycles.